The fourth-order valence-electron chi connectivity index (χ4n) is 8.84. The SMILES string of the molecule is N#Cc1ccc2c(c1)c1cccc(-n3c4ccccc4c4ccccc43)c1n2-c1c(C#N)cccc1-c1cccc(-n2c3ccccc3c3ccccc32)c1. The number of rotatable bonds is 4. The molecule has 0 radical (unpaired) electrons. The number of para-hydroxylation sites is 6. The minimum absolute atomic E-state index is 0.556. The van der Waals surface area contributed by atoms with E-state index in [4.69, 9.17) is 0 Å². The second kappa shape index (κ2) is 11.8. The molecule has 254 valence electrons. The maximum atomic E-state index is 10.9. The highest BCUT2D eigenvalue weighted by Crippen LogP contribution is 2.43. The first-order chi connectivity index (χ1) is 27.2. The highest BCUT2D eigenvalue weighted by Gasteiger charge is 2.24. The molecule has 0 atom stereocenters. The van der Waals surface area contributed by atoms with Crippen LogP contribution in [0.4, 0.5) is 0 Å². The van der Waals surface area contributed by atoms with E-state index < -0.39 is 0 Å². The van der Waals surface area contributed by atoms with Crippen LogP contribution in [-0.4, -0.2) is 13.7 Å². The monoisotopic (exact) mass is 699 g/mol. The van der Waals surface area contributed by atoms with Gasteiger partial charge in [-0.25, -0.2) is 0 Å². The lowest BCUT2D eigenvalue weighted by molar-refractivity contribution is 1.12. The van der Waals surface area contributed by atoms with E-state index in [-0.39, 0.29) is 0 Å². The summed E-state index contributed by atoms with van der Waals surface area (Å²) in [4.78, 5) is 0. The predicted molar refractivity (Wildman–Crippen MR) is 224 cm³/mol. The Balaban J connectivity index is 1.25. The second-order valence-corrected chi connectivity index (χ2v) is 14.0. The van der Waals surface area contributed by atoms with Crippen LogP contribution in [0.2, 0.25) is 0 Å². The van der Waals surface area contributed by atoms with E-state index in [9.17, 15) is 10.5 Å². The molecule has 0 saturated heterocycles. The molecule has 8 aromatic carbocycles. The topological polar surface area (TPSA) is 62.4 Å². The molecule has 0 fully saturated rings. The van der Waals surface area contributed by atoms with Crippen molar-refractivity contribution in [3.8, 4) is 40.3 Å². The van der Waals surface area contributed by atoms with Gasteiger partial charge in [-0.3, -0.25) is 0 Å². The van der Waals surface area contributed by atoms with Crippen molar-refractivity contribution < 1.29 is 0 Å². The molecule has 55 heavy (non-hydrogen) atoms. The molecule has 3 heterocycles. The zero-order chi connectivity index (χ0) is 36.6. The molecule has 0 N–H and O–H groups in total. The standard InChI is InChI=1S/C50H29N5/c51-30-32-26-27-47-42(28-32)41-20-11-25-48(54-45-23-7-3-17-39(45)40-18-4-8-24-46(40)54)50(41)55(47)49-34(31-52)13-10-19-36(49)33-12-9-14-35(29-33)53-43-21-5-1-15-37(43)38-16-2-6-22-44(38)53/h1-29H. The average Bonchev–Trinajstić information content (AvgIpc) is 3.89. The fourth-order valence-corrected chi connectivity index (χ4v) is 8.84. The molecule has 3 aromatic heterocycles. The Morgan fingerprint density at radius 2 is 0.927 bits per heavy atom. The predicted octanol–water partition coefficient (Wildman–Crippen LogP) is 12.4. The van der Waals surface area contributed by atoms with Crippen LogP contribution in [0.3, 0.4) is 0 Å². The van der Waals surface area contributed by atoms with E-state index >= 15 is 0 Å². The van der Waals surface area contributed by atoms with Gasteiger partial charge in [0.15, 0.2) is 0 Å². The first-order valence-corrected chi connectivity index (χ1v) is 18.3. The van der Waals surface area contributed by atoms with Gasteiger partial charge in [0.25, 0.3) is 0 Å². The van der Waals surface area contributed by atoms with E-state index in [1.165, 1.54) is 21.5 Å². The summed E-state index contributed by atoms with van der Waals surface area (Å²) in [7, 11) is 0. The lowest BCUT2D eigenvalue weighted by Crippen LogP contribution is -2.04. The highest BCUT2D eigenvalue weighted by molar-refractivity contribution is 6.16. The third kappa shape index (κ3) is 4.39. The zero-order valence-corrected chi connectivity index (χ0v) is 29.5. The smallest absolute Gasteiger partial charge is 0.101 e. The normalized spacial score (nSPS) is 11.6. The summed E-state index contributed by atoms with van der Waals surface area (Å²) < 4.78 is 6.92. The summed E-state index contributed by atoms with van der Waals surface area (Å²) in [5.41, 5.74) is 12.2. The van der Waals surface area contributed by atoms with Crippen molar-refractivity contribution in [1.29, 1.82) is 10.5 Å². The largest absolute Gasteiger partial charge is 0.309 e. The third-order valence-electron chi connectivity index (χ3n) is 11.1. The average molecular weight is 700 g/mol. The van der Waals surface area contributed by atoms with Crippen molar-refractivity contribution in [3.63, 3.8) is 0 Å². The lowest BCUT2D eigenvalue weighted by Gasteiger charge is -2.19. The molecule has 0 amide bonds. The van der Waals surface area contributed by atoms with E-state index in [0.717, 1.165) is 72.1 Å². The minimum atomic E-state index is 0.556. The fraction of sp³-hybridized carbons (Fsp3) is 0. The summed E-state index contributed by atoms with van der Waals surface area (Å²) in [5.74, 6) is 0. The van der Waals surface area contributed by atoms with Crippen LogP contribution >= 0.6 is 0 Å². The van der Waals surface area contributed by atoms with Gasteiger partial charge < -0.3 is 13.7 Å². The van der Waals surface area contributed by atoms with Gasteiger partial charge in [-0.15, -0.1) is 0 Å². The summed E-state index contributed by atoms with van der Waals surface area (Å²) in [6.45, 7) is 0. The summed E-state index contributed by atoms with van der Waals surface area (Å²) in [5, 5.41) is 27.6. The van der Waals surface area contributed by atoms with Gasteiger partial charge in [-0.2, -0.15) is 10.5 Å². The molecule has 0 unspecified atom stereocenters. The van der Waals surface area contributed by atoms with Gasteiger partial charge in [0.2, 0.25) is 0 Å². The molecule has 0 saturated carbocycles. The van der Waals surface area contributed by atoms with E-state index in [2.05, 4.69) is 171 Å². The summed E-state index contributed by atoms with van der Waals surface area (Å²) in [6, 6.07) is 65.9. The number of fused-ring (bicyclic) bond motifs is 9. The first kappa shape index (κ1) is 30.7. The Morgan fingerprint density at radius 3 is 1.55 bits per heavy atom. The molecule has 5 nitrogen and oxygen atoms in total. The molecular weight excluding hydrogens is 671 g/mol. The quantitative estimate of drug-likeness (QED) is 0.184. The Morgan fingerprint density at radius 1 is 0.382 bits per heavy atom. The van der Waals surface area contributed by atoms with Crippen molar-refractivity contribution in [2.75, 3.05) is 0 Å². The van der Waals surface area contributed by atoms with Gasteiger partial charge in [0, 0.05) is 43.6 Å². The lowest BCUT2D eigenvalue weighted by atomic mass is 9.99. The van der Waals surface area contributed by atoms with Crippen LogP contribution in [-0.2, 0) is 0 Å². The number of nitriles is 2. The van der Waals surface area contributed by atoms with Crippen molar-refractivity contribution in [2.45, 2.75) is 0 Å². The van der Waals surface area contributed by atoms with Crippen LogP contribution < -0.4 is 0 Å². The van der Waals surface area contributed by atoms with Gasteiger partial charge in [-0.05, 0) is 72.3 Å². The van der Waals surface area contributed by atoms with Crippen molar-refractivity contribution in [2.24, 2.45) is 0 Å². The van der Waals surface area contributed by atoms with Crippen LogP contribution in [0.1, 0.15) is 11.1 Å². The molecule has 0 spiro atoms. The Hall–Kier alpha value is -7.86. The molecule has 0 aliphatic carbocycles. The van der Waals surface area contributed by atoms with Crippen molar-refractivity contribution in [3.05, 3.63) is 187 Å². The maximum Gasteiger partial charge on any atom is 0.101 e. The van der Waals surface area contributed by atoms with Crippen molar-refractivity contribution >= 4 is 65.4 Å². The van der Waals surface area contributed by atoms with E-state index in [1.807, 2.05) is 30.3 Å². The Kier molecular flexibility index (Phi) is 6.61. The molecule has 0 aliphatic heterocycles. The first-order valence-electron chi connectivity index (χ1n) is 18.3. The maximum absolute atomic E-state index is 10.9. The van der Waals surface area contributed by atoms with E-state index in [0.29, 0.717) is 11.1 Å². The van der Waals surface area contributed by atoms with E-state index in [1.54, 1.807) is 0 Å². The molecular formula is C50H29N5. The number of nitrogens with zero attached hydrogens (tertiary/aromatic N) is 5. The van der Waals surface area contributed by atoms with Crippen LogP contribution in [0, 0.1) is 22.7 Å². The van der Waals surface area contributed by atoms with Gasteiger partial charge >= 0.3 is 0 Å². The van der Waals surface area contributed by atoms with Gasteiger partial charge in [0.1, 0.15) is 6.07 Å². The number of hydrogen-bond donors (Lipinski definition) is 0. The van der Waals surface area contributed by atoms with Crippen LogP contribution in [0.15, 0.2) is 176 Å². The molecule has 11 aromatic rings. The molecule has 0 bridgehead atoms. The van der Waals surface area contributed by atoms with Gasteiger partial charge in [0.05, 0.1) is 61.7 Å². The zero-order valence-electron chi connectivity index (χ0n) is 29.5. The Labute approximate surface area is 316 Å². The third-order valence-corrected chi connectivity index (χ3v) is 11.1. The van der Waals surface area contributed by atoms with Gasteiger partial charge in [-0.1, -0.05) is 109 Å². The van der Waals surface area contributed by atoms with Crippen LogP contribution in [0.5, 0.6) is 0 Å². The summed E-state index contributed by atoms with van der Waals surface area (Å²) in [6.07, 6.45) is 0. The number of benzene rings is 8. The number of hydrogen-bond acceptors (Lipinski definition) is 2. The summed E-state index contributed by atoms with van der Waals surface area (Å²) >= 11 is 0. The highest BCUT2D eigenvalue weighted by atomic mass is 15.1. The minimum Gasteiger partial charge on any atom is -0.309 e. The Bertz CT molecular complexity index is 3360. The molecule has 5 heteroatoms. The number of aromatic nitrogens is 3. The van der Waals surface area contributed by atoms with Crippen molar-refractivity contribution in [1.82, 2.24) is 13.7 Å². The molecule has 11 rings (SSSR count). The second-order valence-electron chi connectivity index (χ2n) is 14.0. The molecule has 0 aliphatic rings. The van der Waals surface area contributed by atoms with Crippen LogP contribution in [0.25, 0.3) is 93.6 Å².